The molecule has 192 valence electrons. The Morgan fingerprint density at radius 1 is 1.25 bits per heavy atom. The van der Waals surface area contributed by atoms with Crippen LogP contribution in [-0.2, 0) is 14.6 Å². The van der Waals surface area contributed by atoms with Crippen molar-refractivity contribution in [1.82, 2.24) is 14.9 Å². The van der Waals surface area contributed by atoms with Gasteiger partial charge in [0.15, 0.2) is 9.84 Å². The average molecular weight is 518 g/mol. The Labute approximate surface area is 208 Å². The molecule has 1 amide bonds. The topological polar surface area (TPSA) is 135 Å². The van der Waals surface area contributed by atoms with Gasteiger partial charge in [-0.2, -0.15) is 0 Å². The lowest BCUT2D eigenvalue weighted by Gasteiger charge is -2.38. The SMILES string of the molecule is CC1(OC(=O)N2C3CCC2CC(Oc2ncnc(Nc4ccc(S(C)(=O)=O)cc4F)c2C=N)C3)CC1. The molecule has 1 aromatic heterocycles. The number of aromatic nitrogens is 2. The number of carbonyl (C=O) groups is 1. The van der Waals surface area contributed by atoms with Gasteiger partial charge in [-0.1, -0.05) is 0 Å². The minimum absolute atomic E-state index is 0.00405. The molecule has 5 rings (SSSR count). The number of amides is 1. The van der Waals surface area contributed by atoms with Crippen LogP contribution in [0, 0.1) is 11.2 Å². The minimum atomic E-state index is -3.55. The van der Waals surface area contributed by atoms with Gasteiger partial charge in [0, 0.05) is 37.4 Å². The quantitative estimate of drug-likeness (QED) is 0.529. The molecule has 0 spiro atoms. The van der Waals surface area contributed by atoms with E-state index in [1.54, 1.807) is 0 Å². The van der Waals surface area contributed by atoms with Crippen LogP contribution in [0.3, 0.4) is 0 Å². The van der Waals surface area contributed by atoms with Crippen molar-refractivity contribution >= 4 is 33.7 Å². The summed E-state index contributed by atoms with van der Waals surface area (Å²) in [5.74, 6) is -0.435. The standard InChI is InChI=1S/C24H28FN5O5S/c1-24(7-8-24)35-23(31)30-14-3-4-15(30)10-16(9-14)34-22-18(12-26)21(27-13-28-22)29-20-6-5-17(11-19(20)25)36(2,32)33/h5-6,11-16,26H,3-4,7-10H2,1-2H3,(H,27,28,29). The second-order valence-corrected chi connectivity index (χ2v) is 12.0. The highest BCUT2D eigenvalue weighted by atomic mass is 32.2. The van der Waals surface area contributed by atoms with E-state index in [9.17, 15) is 17.6 Å². The molecule has 12 heteroatoms. The molecule has 2 N–H and O–H groups in total. The average Bonchev–Trinajstić information content (AvgIpc) is 3.47. The van der Waals surface area contributed by atoms with Crippen LogP contribution >= 0.6 is 0 Å². The normalized spacial score (nSPS) is 24.2. The molecule has 3 fully saturated rings. The number of carbonyl (C=O) groups excluding carboxylic acids is 1. The number of halogens is 1. The second-order valence-electron chi connectivity index (χ2n) is 9.95. The van der Waals surface area contributed by atoms with E-state index in [4.69, 9.17) is 14.9 Å². The zero-order chi connectivity index (χ0) is 25.7. The summed E-state index contributed by atoms with van der Waals surface area (Å²) in [4.78, 5) is 22.8. The zero-order valence-corrected chi connectivity index (χ0v) is 20.8. The van der Waals surface area contributed by atoms with Crippen LogP contribution in [0.25, 0.3) is 0 Å². The lowest BCUT2D eigenvalue weighted by molar-refractivity contribution is 0.0116. The Morgan fingerprint density at radius 2 is 1.94 bits per heavy atom. The number of hydrogen-bond donors (Lipinski definition) is 2. The van der Waals surface area contributed by atoms with Crippen molar-refractivity contribution < 1.29 is 27.1 Å². The van der Waals surface area contributed by atoms with Crippen molar-refractivity contribution in [3.05, 3.63) is 35.9 Å². The van der Waals surface area contributed by atoms with Gasteiger partial charge < -0.3 is 25.1 Å². The molecule has 2 aromatic rings. The van der Waals surface area contributed by atoms with Gasteiger partial charge in [-0.25, -0.2) is 27.6 Å². The first kappa shape index (κ1) is 24.4. The highest BCUT2D eigenvalue weighted by molar-refractivity contribution is 7.90. The van der Waals surface area contributed by atoms with Gasteiger partial charge in [0.25, 0.3) is 0 Å². The largest absolute Gasteiger partial charge is 0.474 e. The summed E-state index contributed by atoms with van der Waals surface area (Å²) in [6.07, 6.45) is 7.62. The highest BCUT2D eigenvalue weighted by Crippen LogP contribution is 2.43. The molecule has 1 aromatic carbocycles. The number of sulfone groups is 1. The van der Waals surface area contributed by atoms with Crippen molar-refractivity contribution in [3.8, 4) is 5.88 Å². The number of benzene rings is 1. The number of piperidine rings is 1. The van der Waals surface area contributed by atoms with Gasteiger partial charge in [0.05, 0.1) is 16.1 Å². The summed E-state index contributed by atoms with van der Waals surface area (Å²) in [6, 6.07) is 3.57. The lowest BCUT2D eigenvalue weighted by atomic mass is 10.0. The Bertz CT molecular complexity index is 1300. The van der Waals surface area contributed by atoms with E-state index in [0.29, 0.717) is 12.8 Å². The van der Waals surface area contributed by atoms with E-state index in [1.807, 2.05) is 11.8 Å². The minimum Gasteiger partial charge on any atom is -0.474 e. The number of rotatable bonds is 7. The highest BCUT2D eigenvalue weighted by Gasteiger charge is 2.49. The van der Waals surface area contributed by atoms with Crippen molar-refractivity contribution in [2.75, 3.05) is 11.6 Å². The molecule has 2 unspecified atom stereocenters. The first-order valence-electron chi connectivity index (χ1n) is 11.9. The van der Waals surface area contributed by atoms with Crippen LogP contribution in [0.1, 0.15) is 51.0 Å². The Morgan fingerprint density at radius 3 is 2.53 bits per heavy atom. The molecule has 36 heavy (non-hydrogen) atoms. The summed E-state index contributed by atoms with van der Waals surface area (Å²) >= 11 is 0. The van der Waals surface area contributed by atoms with E-state index in [2.05, 4.69) is 15.3 Å². The summed E-state index contributed by atoms with van der Waals surface area (Å²) in [7, 11) is -3.55. The molecule has 1 aliphatic carbocycles. The van der Waals surface area contributed by atoms with Gasteiger partial charge in [0.2, 0.25) is 5.88 Å². The molecule has 2 atom stereocenters. The number of hydrogen-bond acceptors (Lipinski definition) is 9. The van der Waals surface area contributed by atoms with Crippen molar-refractivity contribution in [2.24, 2.45) is 0 Å². The fourth-order valence-corrected chi connectivity index (χ4v) is 5.51. The van der Waals surface area contributed by atoms with E-state index >= 15 is 0 Å². The third-order valence-corrected chi connectivity index (χ3v) is 8.19. The van der Waals surface area contributed by atoms with Gasteiger partial charge in [-0.15, -0.1) is 0 Å². The molecule has 3 aliphatic rings. The predicted molar refractivity (Wildman–Crippen MR) is 129 cm³/mol. The maximum Gasteiger partial charge on any atom is 0.410 e. The molecule has 2 bridgehead atoms. The molecular formula is C24H28FN5O5S. The van der Waals surface area contributed by atoms with Crippen molar-refractivity contribution in [3.63, 3.8) is 0 Å². The van der Waals surface area contributed by atoms with E-state index in [1.165, 1.54) is 18.5 Å². The van der Waals surface area contributed by atoms with Crippen LogP contribution in [0.2, 0.25) is 0 Å². The number of ether oxygens (including phenoxy) is 2. The number of fused-ring (bicyclic) bond motifs is 2. The summed E-state index contributed by atoms with van der Waals surface area (Å²) in [6.45, 7) is 1.95. The second kappa shape index (κ2) is 8.99. The monoisotopic (exact) mass is 517 g/mol. The van der Waals surface area contributed by atoms with Gasteiger partial charge in [0.1, 0.15) is 29.7 Å². The summed E-state index contributed by atoms with van der Waals surface area (Å²) in [5, 5.41) is 10.7. The third-order valence-electron chi connectivity index (χ3n) is 7.08. The molecule has 3 heterocycles. The Balaban J connectivity index is 1.30. The fraction of sp³-hybridized carbons (Fsp3) is 0.500. The maximum atomic E-state index is 14.6. The van der Waals surface area contributed by atoms with E-state index in [-0.39, 0.29) is 57.7 Å². The molecular weight excluding hydrogens is 489 g/mol. The van der Waals surface area contributed by atoms with Crippen LogP contribution < -0.4 is 10.1 Å². The predicted octanol–water partition coefficient (Wildman–Crippen LogP) is 3.82. The fourth-order valence-electron chi connectivity index (χ4n) is 4.88. The van der Waals surface area contributed by atoms with Crippen LogP contribution in [0.5, 0.6) is 5.88 Å². The molecule has 2 saturated heterocycles. The smallest absolute Gasteiger partial charge is 0.410 e. The molecule has 1 saturated carbocycles. The summed E-state index contributed by atoms with van der Waals surface area (Å²) < 4.78 is 49.8. The third kappa shape index (κ3) is 4.86. The van der Waals surface area contributed by atoms with E-state index in [0.717, 1.165) is 44.2 Å². The Hall–Kier alpha value is -3.28. The molecule has 0 radical (unpaired) electrons. The number of nitrogens with one attached hydrogen (secondary N) is 2. The van der Waals surface area contributed by atoms with E-state index < -0.39 is 15.7 Å². The number of anilines is 2. The van der Waals surface area contributed by atoms with Gasteiger partial charge >= 0.3 is 6.09 Å². The first-order valence-corrected chi connectivity index (χ1v) is 13.8. The van der Waals surface area contributed by atoms with Crippen LogP contribution in [0.15, 0.2) is 29.4 Å². The Kier molecular flexibility index (Phi) is 6.09. The lowest BCUT2D eigenvalue weighted by Crippen LogP contribution is -2.50. The van der Waals surface area contributed by atoms with Crippen LogP contribution in [-0.4, -0.2) is 65.6 Å². The maximum absolute atomic E-state index is 14.6. The van der Waals surface area contributed by atoms with Crippen LogP contribution in [0.4, 0.5) is 20.7 Å². The molecule has 10 nitrogen and oxygen atoms in total. The number of nitrogens with zero attached hydrogens (tertiary/aromatic N) is 3. The first-order chi connectivity index (χ1) is 17.1. The van der Waals surface area contributed by atoms with Gasteiger partial charge in [-0.3, -0.25) is 0 Å². The summed E-state index contributed by atoms with van der Waals surface area (Å²) in [5.41, 5.74) is -0.0816. The molecule has 2 aliphatic heterocycles. The zero-order valence-electron chi connectivity index (χ0n) is 20.0. The van der Waals surface area contributed by atoms with Crippen molar-refractivity contribution in [2.45, 2.75) is 74.1 Å². The van der Waals surface area contributed by atoms with Gasteiger partial charge in [-0.05, 0) is 50.8 Å². The van der Waals surface area contributed by atoms with Crippen molar-refractivity contribution in [1.29, 1.82) is 5.41 Å².